The molecule has 0 saturated heterocycles. The van der Waals surface area contributed by atoms with Crippen molar-refractivity contribution in [2.24, 2.45) is 12.8 Å². The van der Waals surface area contributed by atoms with Crippen LogP contribution in [0.2, 0.25) is 0 Å². The molecule has 0 radical (unpaired) electrons. The third-order valence-corrected chi connectivity index (χ3v) is 4.56. The number of carbonyl (C=O) groups is 1. The van der Waals surface area contributed by atoms with Gasteiger partial charge in [0.2, 0.25) is 5.91 Å². The second-order valence-corrected chi connectivity index (χ2v) is 6.59. The summed E-state index contributed by atoms with van der Waals surface area (Å²) in [7, 11) is 1.68. The first-order valence-corrected chi connectivity index (χ1v) is 8.61. The van der Waals surface area contributed by atoms with Crippen molar-refractivity contribution in [1.82, 2.24) is 9.55 Å². The Hall–Kier alpha value is -2.80. The van der Waals surface area contributed by atoms with Crippen LogP contribution in [0, 0.1) is 0 Å². The number of rotatable bonds is 6. The Morgan fingerprint density at radius 3 is 2.62 bits per heavy atom. The van der Waals surface area contributed by atoms with Crippen LogP contribution in [0.5, 0.6) is 5.75 Å². The zero-order valence-electron chi connectivity index (χ0n) is 14.3. The lowest BCUT2D eigenvalue weighted by Crippen LogP contribution is -2.25. The Morgan fingerprint density at radius 2 is 1.92 bits per heavy atom. The molecule has 0 aliphatic heterocycles. The largest absolute Gasteiger partial charge is 0.486 e. The van der Waals surface area contributed by atoms with Gasteiger partial charge in [-0.1, -0.05) is 24.3 Å². The molecule has 1 unspecified atom stereocenters. The van der Waals surface area contributed by atoms with Crippen molar-refractivity contribution in [2.75, 3.05) is 0 Å². The van der Waals surface area contributed by atoms with Gasteiger partial charge in [0.1, 0.15) is 18.2 Å². The molecule has 1 aromatic heterocycles. The van der Waals surface area contributed by atoms with Gasteiger partial charge in [-0.05, 0) is 36.2 Å². The van der Waals surface area contributed by atoms with E-state index in [4.69, 9.17) is 10.5 Å². The third-order valence-electron chi connectivity index (χ3n) is 4.12. The van der Waals surface area contributed by atoms with Gasteiger partial charge in [0, 0.05) is 7.05 Å². The molecule has 1 atom stereocenters. The van der Waals surface area contributed by atoms with Crippen molar-refractivity contribution in [3.63, 3.8) is 0 Å². The molecular weight excluding hydrogens is 350 g/mol. The van der Waals surface area contributed by atoms with Crippen LogP contribution >= 0.6 is 12.6 Å². The topological polar surface area (TPSA) is 87.2 Å². The highest BCUT2D eigenvalue weighted by atomic mass is 32.1. The molecule has 0 spiro atoms. The second kappa shape index (κ2) is 7.61. The minimum absolute atomic E-state index is 0.101. The van der Waals surface area contributed by atoms with E-state index in [-0.39, 0.29) is 12.2 Å². The van der Waals surface area contributed by atoms with Gasteiger partial charge in [-0.2, -0.15) is 12.6 Å². The normalized spacial score (nSPS) is 12.1. The Morgan fingerprint density at radius 1 is 1.23 bits per heavy atom. The highest BCUT2D eigenvalue weighted by molar-refractivity contribution is 7.81. The van der Waals surface area contributed by atoms with E-state index in [0.717, 1.165) is 5.56 Å². The fourth-order valence-corrected chi connectivity index (χ4v) is 2.80. The Balaban J connectivity index is 1.73. The Bertz CT molecular complexity index is 999. The van der Waals surface area contributed by atoms with Crippen LogP contribution in [0.1, 0.15) is 11.4 Å². The SMILES string of the molecule is Cn1c(COc2ccc(CC(S)C(N)=O)cc2)nc2ccccc2c1=O. The summed E-state index contributed by atoms with van der Waals surface area (Å²) in [6, 6.07) is 14.5. The van der Waals surface area contributed by atoms with Crippen LogP contribution < -0.4 is 16.0 Å². The standard InChI is InChI=1S/C19H19N3O3S/c1-22-17(21-15-5-3-2-4-14(15)19(22)24)11-25-13-8-6-12(7-9-13)10-16(26)18(20)23/h2-9,16,26H,10-11H2,1H3,(H2,20,23). The molecule has 0 saturated carbocycles. The van der Waals surface area contributed by atoms with Gasteiger partial charge < -0.3 is 10.5 Å². The first-order valence-electron chi connectivity index (χ1n) is 8.09. The van der Waals surface area contributed by atoms with Gasteiger partial charge in [-0.3, -0.25) is 14.2 Å². The first-order chi connectivity index (χ1) is 12.5. The van der Waals surface area contributed by atoms with E-state index in [1.165, 1.54) is 4.57 Å². The van der Waals surface area contributed by atoms with Gasteiger partial charge >= 0.3 is 0 Å². The number of para-hydroxylation sites is 1. The predicted octanol–water partition coefficient (Wildman–Crippen LogP) is 1.84. The number of amides is 1. The first kappa shape index (κ1) is 18.0. The summed E-state index contributed by atoms with van der Waals surface area (Å²) in [6.07, 6.45) is 0.458. The fourth-order valence-electron chi connectivity index (χ4n) is 2.59. The van der Waals surface area contributed by atoms with Crippen LogP contribution in [0.3, 0.4) is 0 Å². The van der Waals surface area contributed by atoms with Crippen molar-refractivity contribution in [3.05, 3.63) is 70.3 Å². The molecular formula is C19H19N3O3S. The van der Waals surface area contributed by atoms with Crippen LogP contribution in [0.4, 0.5) is 0 Å². The van der Waals surface area contributed by atoms with E-state index in [1.54, 1.807) is 25.2 Å². The van der Waals surface area contributed by atoms with E-state index in [0.29, 0.717) is 28.9 Å². The van der Waals surface area contributed by atoms with E-state index in [1.807, 2.05) is 30.3 Å². The van der Waals surface area contributed by atoms with Crippen LogP contribution in [-0.4, -0.2) is 20.7 Å². The monoisotopic (exact) mass is 369 g/mol. The molecule has 2 N–H and O–H groups in total. The van der Waals surface area contributed by atoms with Crippen LogP contribution in [0.15, 0.2) is 53.3 Å². The molecule has 7 heteroatoms. The van der Waals surface area contributed by atoms with Gasteiger partial charge in [-0.15, -0.1) is 0 Å². The quantitative estimate of drug-likeness (QED) is 0.649. The van der Waals surface area contributed by atoms with Crippen molar-refractivity contribution in [2.45, 2.75) is 18.3 Å². The molecule has 3 aromatic rings. The maximum atomic E-state index is 12.4. The number of primary amides is 1. The highest BCUT2D eigenvalue weighted by Crippen LogP contribution is 2.16. The lowest BCUT2D eigenvalue weighted by Gasteiger charge is -2.11. The summed E-state index contributed by atoms with van der Waals surface area (Å²) in [5.74, 6) is 0.741. The zero-order valence-corrected chi connectivity index (χ0v) is 15.1. The minimum atomic E-state index is -0.516. The lowest BCUT2D eigenvalue weighted by atomic mass is 10.1. The molecule has 6 nitrogen and oxygen atoms in total. The van der Waals surface area contributed by atoms with Crippen molar-refractivity contribution < 1.29 is 9.53 Å². The lowest BCUT2D eigenvalue weighted by molar-refractivity contribution is -0.117. The molecule has 134 valence electrons. The number of thiol groups is 1. The number of hydrogen-bond acceptors (Lipinski definition) is 5. The summed E-state index contributed by atoms with van der Waals surface area (Å²) in [4.78, 5) is 28.0. The second-order valence-electron chi connectivity index (χ2n) is 5.96. The van der Waals surface area contributed by atoms with E-state index < -0.39 is 11.2 Å². The van der Waals surface area contributed by atoms with Crippen molar-refractivity contribution in [1.29, 1.82) is 0 Å². The van der Waals surface area contributed by atoms with Crippen molar-refractivity contribution >= 4 is 29.4 Å². The van der Waals surface area contributed by atoms with E-state index in [9.17, 15) is 9.59 Å². The minimum Gasteiger partial charge on any atom is -0.486 e. The van der Waals surface area contributed by atoms with Crippen LogP contribution in [-0.2, 0) is 24.9 Å². The summed E-state index contributed by atoms with van der Waals surface area (Å²) >= 11 is 4.16. The van der Waals surface area contributed by atoms with Gasteiger partial charge in [0.05, 0.1) is 16.2 Å². The van der Waals surface area contributed by atoms with Gasteiger partial charge in [-0.25, -0.2) is 4.98 Å². The molecule has 1 amide bonds. The molecule has 0 aliphatic rings. The van der Waals surface area contributed by atoms with E-state index >= 15 is 0 Å². The summed E-state index contributed by atoms with van der Waals surface area (Å²) in [6.45, 7) is 0.173. The van der Waals surface area contributed by atoms with E-state index in [2.05, 4.69) is 17.6 Å². The highest BCUT2D eigenvalue weighted by Gasteiger charge is 2.11. The third kappa shape index (κ3) is 3.88. The molecule has 26 heavy (non-hydrogen) atoms. The van der Waals surface area contributed by atoms with Gasteiger partial charge in [0.15, 0.2) is 0 Å². The number of nitrogens with two attached hydrogens (primary N) is 1. The molecule has 1 heterocycles. The average Bonchev–Trinajstić information content (AvgIpc) is 2.64. The predicted molar refractivity (Wildman–Crippen MR) is 103 cm³/mol. The Labute approximate surface area is 156 Å². The number of hydrogen-bond donors (Lipinski definition) is 2. The number of carbonyl (C=O) groups excluding carboxylic acids is 1. The molecule has 0 bridgehead atoms. The molecule has 3 rings (SSSR count). The van der Waals surface area contributed by atoms with Crippen LogP contribution in [0.25, 0.3) is 10.9 Å². The fraction of sp³-hybridized carbons (Fsp3) is 0.211. The number of aromatic nitrogens is 2. The molecule has 0 fully saturated rings. The summed E-state index contributed by atoms with van der Waals surface area (Å²) in [5, 5.41) is 0.0666. The summed E-state index contributed by atoms with van der Waals surface area (Å²) in [5.41, 5.74) is 6.70. The van der Waals surface area contributed by atoms with Gasteiger partial charge in [0.25, 0.3) is 5.56 Å². The maximum absolute atomic E-state index is 12.4. The smallest absolute Gasteiger partial charge is 0.261 e. The number of fused-ring (bicyclic) bond motifs is 1. The zero-order chi connectivity index (χ0) is 18.7. The Kier molecular flexibility index (Phi) is 5.27. The molecule has 0 aliphatic carbocycles. The maximum Gasteiger partial charge on any atom is 0.261 e. The number of nitrogens with zero attached hydrogens (tertiary/aromatic N) is 2. The van der Waals surface area contributed by atoms with Crippen molar-refractivity contribution in [3.8, 4) is 5.75 Å². The number of ether oxygens (including phenoxy) is 1. The summed E-state index contributed by atoms with van der Waals surface area (Å²) < 4.78 is 7.25. The number of benzene rings is 2. The molecule has 2 aromatic carbocycles. The average molecular weight is 369 g/mol.